The van der Waals surface area contributed by atoms with E-state index in [0.717, 1.165) is 10.8 Å². The molecule has 0 aromatic heterocycles. The van der Waals surface area contributed by atoms with Crippen LogP contribution in [0.4, 0.5) is 5.69 Å². The molecule has 5 rings (SSSR count). The van der Waals surface area contributed by atoms with Gasteiger partial charge in [0.2, 0.25) is 0 Å². The van der Waals surface area contributed by atoms with Gasteiger partial charge in [-0.2, -0.15) is 0 Å². The smallest absolute Gasteiger partial charge is 0.198 e. The molecule has 0 amide bonds. The Labute approximate surface area is 161 Å². The minimum absolute atomic E-state index is 0.256. The van der Waals surface area contributed by atoms with E-state index in [9.17, 15) is 9.59 Å². The first kappa shape index (κ1) is 16.3. The van der Waals surface area contributed by atoms with Crippen molar-refractivity contribution in [1.82, 2.24) is 0 Å². The second-order valence-corrected chi connectivity index (χ2v) is 6.72. The Morgan fingerprint density at radius 2 is 1.32 bits per heavy atom. The number of ether oxygens (including phenoxy) is 1. The quantitative estimate of drug-likeness (QED) is 0.448. The monoisotopic (exact) mass is 365 g/mol. The first-order valence-electron chi connectivity index (χ1n) is 8.91. The predicted molar refractivity (Wildman–Crippen MR) is 108 cm³/mol. The van der Waals surface area contributed by atoms with E-state index in [1.807, 2.05) is 42.5 Å². The summed E-state index contributed by atoms with van der Waals surface area (Å²) in [5, 5.41) is 2.13. The van der Waals surface area contributed by atoms with Crippen LogP contribution in [0.25, 0.3) is 10.8 Å². The van der Waals surface area contributed by atoms with E-state index in [2.05, 4.69) is 0 Å². The number of carbonyl (C=O) groups excluding carboxylic acids is 2. The predicted octanol–water partition coefficient (Wildman–Crippen LogP) is 4.99. The third kappa shape index (κ3) is 2.39. The van der Waals surface area contributed by atoms with Crippen molar-refractivity contribution < 1.29 is 14.3 Å². The number of nitrogen functional groups attached to an aromatic ring is 1. The van der Waals surface area contributed by atoms with Crippen LogP contribution in [0.15, 0.2) is 78.9 Å². The lowest BCUT2D eigenvalue weighted by atomic mass is 9.83. The number of rotatable bonds is 2. The fraction of sp³-hybridized carbons (Fsp3) is 0. The number of ketones is 2. The van der Waals surface area contributed by atoms with Crippen LogP contribution in [-0.4, -0.2) is 11.6 Å². The molecule has 0 spiro atoms. The molecule has 1 aliphatic rings. The molecule has 0 bridgehead atoms. The summed E-state index contributed by atoms with van der Waals surface area (Å²) in [7, 11) is 0. The average molecular weight is 365 g/mol. The van der Waals surface area contributed by atoms with Gasteiger partial charge in [0, 0.05) is 16.8 Å². The van der Waals surface area contributed by atoms with Crippen LogP contribution in [0.3, 0.4) is 0 Å². The molecule has 0 unspecified atom stereocenters. The van der Waals surface area contributed by atoms with Gasteiger partial charge in [-0.25, -0.2) is 0 Å². The van der Waals surface area contributed by atoms with Gasteiger partial charge in [0.1, 0.15) is 11.5 Å². The Kier molecular flexibility index (Phi) is 3.52. The summed E-state index contributed by atoms with van der Waals surface area (Å²) < 4.78 is 6.04. The molecule has 0 radical (unpaired) electrons. The zero-order valence-corrected chi connectivity index (χ0v) is 14.8. The topological polar surface area (TPSA) is 69.4 Å². The maximum atomic E-state index is 13.1. The van der Waals surface area contributed by atoms with Crippen molar-refractivity contribution in [1.29, 1.82) is 0 Å². The molecular formula is C24H15NO3. The van der Waals surface area contributed by atoms with Gasteiger partial charge in [-0.3, -0.25) is 9.59 Å². The highest BCUT2D eigenvalue weighted by molar-refractivity contribution is 6.30. The maximum absolute atomic E-state index is 13.1. The van der Waals surface area contributed by atoms with Crippen LogP contribution in [0, 0.1) is 0 Å². The van der Waals surface area contributed by atoms with Crippen molar-refractivity contribution in [2.45, 2.75) is 0 Å². The highest BCUT2D eigenvalue weighted by atomic mass is 16.5. The number of nitrogens with two attached hydrogens (primary N) is 1. The minimum Gasteiger partial charge on any atom is -0.457 e. The maximum Gasteiger partial charge on any atom is 0.198 e. The molecule has 0 aliphatic heterocycles. The molecule has 4 aromatic carbocycles. The zero-order chi connectivity index (χ0) is 19.3. The number of anilines is 1. The number of fused-ring (bicyclic) bond motifs is 3. The molecule has 4 nitrogen and oxygen atoms in total. The van der Waals surface area contributed by atoms with E-state index in [4.69, 9.17) is 10.5 Å². The molecule has 0 saturated heterocycles. The van der Waals surface area contributed by atoms with Crippen LogP contribution in [-0.2, 0) is 0 Å². The molecular weight excluding hydrogens is 350 g/mol. The Balaban J connectivity index is 1.63. The lowest BCUT2D eigenvalue weighted by Gasteiger charge is -2.21. The molecule has 28 heavy (non-hydrogen) atoms. The fourth-order valence-corrected chi connectivity index (χ4v) is 3.68. The van der Waals surface area contributed by atoms with Gasteiger partial charge in [-0.1, -0.05) is 54.6 Å². The third-order valence-corrected chi connectivity index (χ3v) is 5.02. The van der Waals surface area contributed by atoms with E-state index in [0.29, 0.717) is 28.3 Å². The van der Waals surface area contributed by atoms with Crippen molar-refractivity contribution >= 4 is 28.0 Å². The largest absolute Gasteiger partial charge is 0.457 e. The first-order valence-corrected chi connectivity index (χ1v) is 8.91. The van der Waals surface area contributed by atoms with Gasteiger partial charge >= 0.3 is 0 Å². The summed E-state index contributed by atoms with van der Waals surface area (Å²) >= 11 is 0. The summed E-state index contributed by atoms with van der Waals surface area (Å²) in [6.07, 6.45) is 0. The second-order valence-electron chi connectivity index (χ2n) is 6.72. The number of hydrogen-bond acceptors (Lipinski definition) is 4. The van der Waals surface area contributed by atoms with Crippen LogP contribution in [0.2, 0.25) is 0 Å². The molecule has 2 N–H and O–H groups in total. The normalized spacial score (nSPS) is 12.6. The van der Waals surface area contributed by atoms with Gasteiger partial charge < -0.3 is 10.5 Å². The van der Waals surface area contributed by atoms with E-state index in [1.54, 1.807) is 36.4 Å². The average Bonchev–Trinajstić information content (AvgIpc) is 2.72. The van der Waals surface area contributed by atoms with Gasteiger partial charge in [-0.15, -0.1) is 0 Å². The van der Waals surface area contributed by atoms with Crippen LogP contribution in [0.5, 0.6) is 11.5 Å². The standard InChI is InChI=1S/C24H15NO3/c25-19-9-3-7-17-21(19)23(26)18-8-4-10-20(22(18)24(17)27)28-16-12-11-14-5-1-2-6-15(14)13-16/h1-13H,25H2. The molecule has 0 heterocycles. The number of carbonyl (C=O) groups is 2. The molecule has 0 fully saturated rings. The summed E-state index contributed by atoms with van der Waals surface area (Å²) in [6.45, 7) is 0. The summed E-state index contributed by atoms with van der Waals surface area (Å²) in [6, 6.07) is 23.7. The van der Waals surface area contributed by atoms with Crippen molar-refractivity contribution in [2.75, 3.05) is 5.73 Å². The Bertz CT molecular complexity index is 1290. The molecule has 0 atom stereocenters. The van der Waals surface area contributed by atoms with Crippen molar-refractivity contribution in [3.05, 3.63) is 101 Å². The number of hydrogen-bond donors (Lipinski definition) is 1. The van der Waals surface area contributed by atoms with Gasteiger partial charge in [0.05, 0.1) is 11.1 Å². The van der Waals surface area contributed by atoms with Gasteiger partial charge in [0.15, 0.2) is 11.6 Å². The molecule has 4 heteroatoms. The molecule has 134 valence electrons. The van der Waals surface area contributed by atoms with Crippen LogP contribution >= 0.6 is 0 Å². The molecule has 4 aromatic rings. The Morgan fingerprint density at radius 1 is 0.643 bits per heavy atom. The van der Waals surface area contributed by atoms with Crippen molar-refractivity contribution in [2.24, 2.45) is 0 Å². The van der Waals surface area contributed by atoms with Crippen molar-refractivity contribution in [3.63, 3.8) is 0 Å². The number of benzene rings is 4. The van der Waals surface area contributed by atoms with Crippen LogP contribution < -0.4 is 10.5 Å². The van der Waals surface area contributed by atoms with E-state index < -0.39 is 0 Å². The first-order chi connectivity index (χ1) is 13.6. The van der Waals surface area contributed by atoms with Crippen LogP contribution in [0.1, 0.15) is 31.8 Å². The Hall–Kier alpha value is -3.92. The molecule has 0 saturated carbocycles. The summed E-state index contributed by atoms with van der Waals surface area (Å²) in [5.74, 6) is 0.449. The van der Waals surface area contributed by atoms with E-state index in [-0.39, 0.29) is 22.7 Å². The van der Waals surface area contributed by atoms with E-state index in [1.165, 1.54) is 0 Å². The lowest BCUT2D eigenvalue weighted by Crippen LogP contribution is -2.22. The highest BCUT2D eigenvalue weighted by Crippen LogP contribution is 2.37. The lowest BCUT2D eigenvalue weighted by molar-refractivity contribution is 0.0977. The van der Waals surface area contributed by atoms with Gasteiger partial charge in [-0.05, 0) is 35.0 Å². The second kappa shape index (κ2) is 6.06. The van der Waals surface area contributed by atoms with Crippen molar-refractivity contribution in [3.8, 4) is 11.5 Å². The zero-order valence-electron chi connectivity index (χ0n) is 14.8. The highest BCUT2D eigenvalue weighted by Gasteiger charge is 2.33. The third-order valence-electron chi connectivity index (χ3n) is 5.02. The Morgan fingerprint density at radius 3 is 2.14 bits per heavy atom. The molecule has 1 aliphatic carbocycles. The van der Waals surface area contributed by atoms with E-state index >= 15 is 0 Å². The summed E-state index contributed by atoms with van der Waals surface area (Å²) in [5.41, 5.74) is 7.44. The SMILES string of the molecule is Nc1cccc2c1C(=O)c1cccc(Oc3ccc4ccccc4c3)c1C2=O. The summed E-state index contributed by atoms with van der Waals surface area (Å²) in [4.78, 5) is 26.1. The van der Waals surface area contributed by atoms with Gasteiger partial charge in [0.25, 0.3) is 0 Å². The fourth-order valence-electron chi connectivity index (χ4n) is 3.68. The minimum atomic E-state index is -0.258.